The van der Waals surface area contributed by atoms with Crippen molar-refractivity contribution in [3.8, 4) is 11.3 Å². The zero-order chi connectivity index (χ0) is 27.3. The number of nitrogens with zero attached hydrogens (tertiary/aromatic N) is 1. The molecule has 0 aliphatic rings. The summed E-state index contributed by atoms with van der Waals surface area (Å²) < 4.78 is 11.0. The maximum Gasteiger partial charge on any atom is 0.412 e. The smallest absolute Gasteiger partial charge is 0.412 e. The van der Waals surface area contributed by atoms with Crippen LogP contribution in [0.15, 0.2) is 83.4 Å². The van der Waals surface area contributed by atoms with E-state index in [-0.39, 0.29) is 0 Å². The van der Waals surface area contributed by atoms with Crippen molar-refractivity contribution < 1.29 is 24.0 Å². The maximum absolute atomic E-state index is 12.6. The van der Waals surface area contributed by atoms with Gasteiger partial charge in [0.15, 0.2) is 5.76 Å². The molecule has 3 aromatic carbocycles. The number of rotatable bonds is 9. The maximum atomic E-state index is 12.6. The molecular formula is C29H28ClN3O5. The predicted molar refractivity (Wildman–Crippen MR) is 145 cm³/mol. The fourth-order valence-electron chi connectivity index (χ4n) is 3.94. The van der Waals surface area contributed by atoms with Crippen LogP contribution < -0.4 is 10.6 Å². The molecule has 0 fully saturated rings. The third-order valence-electron chi connectivity index (χ3n) is 6.35. The van der Waals surface area contributed by atoms with Crippen LogP contribution in [-0.4, -0.2) is 22.3 Å². The first-order valence-corrected chi connectivity index (χ1v) is 12.4. The normalized spacial score (nSPS) is 13.4. The van der Waals surface area contributed by atoms with E-state index in [1.807, 2.05) is 54.6 Å². The van der Waals surface area contributed by atoms with Crippen LogP contribution >= 0.6 is 11.6 Å². The lowest BCUT2D eigenvalue weighted by atomic mass is 9.91. The summed E-state index contributed by atoms with van der Waals surface area (Å²) in [5.74, 6) is -0.611. The number of nitrogens with one attached hydrogen (secondary N) is 2. The van der Waals surface area contributed by atoms with Crippen molar-refractivity contribution in [2.24, 2.45) is 0 Å². The summed E-state index contributed by atoms with van der Waals surface area (Å²) in [6.45, 7) is 5.44. The van der Waals surface area contributed by atoms with E-state index in [1.54, 1.807) is 45.0 Å². The average Bonchev–Trinajstić information content (AvgIpc) is 3.27. The standard InChI is InChI=1S/C29H28ClN3O5/c1-18-25(32-28(36)37-19(2)21-7-5-4-6-8-21)26(38-33-18)22-11-9-20(10-12-22)17-31-29(3,27(34)35)23-13-15-24(30)16-14-23/h4-16,19,31H,17H2,1-3H3,(H,32,36)(H,34,35)/t19-,29?/m1/s1. The van der Waals surface area contributed by atoms with Crippen LogP contribution in [-0.2, 0) is 21.6 Å². The van der Waals surface area contributed by atoms with Crippen molar-refractivity contribution in [3.05, 3.63) is 106 Å². The molecule has 8 nitrogen and oxygen atoms in total. The molecule has 3 N–H and O–H groups in total. The number of anilines is 1. The summed E-state index contributed by atoms with van der Waals surface area (Å²) in [6, 6.07) is 23.5. The fraction of sp³-hybridized carbons (Fsp3) is 0.207. The van der Waals surface area contributed by atoms with Crippen LogP contribution in [0.2, 0.25) is 5.02 Å². The molecule has 0 radical (unpaired) electrons. The minimum absolute atomic E-state index is 0.302. The number of hydrogen-bond donors (Lipinski definition) is 3. The molecule has 2 atom stereocenters. The Labute approximate surface area is 225 Å². The molecular weight excluding hydrogens is 506 g/mol. The lowest BCUT2D eigenvalue weighted by Gasteiger charge is -2.27. The van der Waals surface area contributed by atoms with Gasteiger partial charge in [-0.1, -0.05) is 83.5 Å². The highest BCUT2D eigenvalue weighted by molar-refractivity contribution is 6.30. The average molecular weight is 534 g/mol. The second-order valence-electron chi connectivity index (χ2n) is 9.04. The van der Waals surface area contributed by atoms with Crippen molar-refractivity contribution in [1.82, 2.24) is 10.5 Å². The first-order chi connectivity index (χ1) is 18.2. The SMILES string of the molecule is Cc1noc(-c2ccc(CNC(C)(C(=O)O)c3ccc(Cl)cc3)cc2)c1NC(=O)O[C@H](C)c1ccccc1. The van der Waals surface area contributed by atoms with E-state index in [0.29, 0.717) is 39.8 Å². The van der Waals surface area contributed by atoms with Crippen LogP contribution in [0.4, 0.5) is 10.5 Å². The van der Waals surface area contributed by atoms with E-state index in [2.05, 4.69) is 15.8 Å². The molecule has 1 unspecified atom stereocenters. The van der Waals surface area contributed by atoms with E-state index in [1.165, 1.54) is 0 Å². The summed E-state index contributed by atoms with van der Waals surface area (Å²) in [4.78, 5) is 24.7. The van der Waals surface area contributed by atoms with Gasteiger partial charge in [0.25, 0.3) is 0 Å². The number of carbonyl (C=O) groups excluding carboxylic acids is 1. The number of hydrogen-bond acceptors (Lipinski definition) is 6. The zero-order valence-corrected chi connectivity index (χ0v) is 22.0. The number of aromatic nitrogens is 1. The number of carboxylic acid groups (broad SMARTS) is 1. The number of amides is 1. The van der Waals surface area contributed by atoms with E-state index in [4.69, 9.17) is 20.9 Å². The lowest BCUT2D eigenvalue weighted by molar-refractivity contribution is -0.144. The Hall–Kier alpha value is -4.14. The Morgan fingerprint density at radius 3 is 2.34 bits per heavy atom. The summed E-state index contributed by atoms with van der Waals surface area (Å²) in [5.41, 5.74) is 2.64. The summed E-state index contributed by atoms with van der Waals surface area (Å²) >= 11 is 5.96. The second-order valence-corrected chi connectivity index (χ2v) is 9.48. The van der Waals surface area contributed by atoms with Gasteiger partial charge in [0.1, 0.15) is 23.0 Å². The molecule has 9 heteroatoms. The summed E-state index contributed by atoms with van der Waals surface area (Å²) in [6.07, 6.45) is -1.05. The molecule has 1 aromatic heterocycles. The molecule has 1 heterocycles. The third kappa shape index (κ3) is 6.04. The van der Waals surface area contributed by atoms with E-state index in [0.717, 1.165) is 11.1 Å². The van der Waals surface area contributed by atoms with Crippen molar-refractivity contribution in [1.29, 1.82) is 0 Å². The summed E-state index contributed by atoms with van der Waals surface area (Å²) in [7, 11) is 0. The number of aryl methyl sites for hydroxylation is 1. The Bertz CT molecular complexity index is 1400. The molecule has 4 aromatic rings. The van der Waals surface area contributed by atoms with Gasteiger partial charge in [-0.3, -0.25) is 10.6 Å². The van der Waals surface area contributed by atoms with Crippen LogP contribution in [0.25, 0.3) is 11.3 Å². The number of halogens is 1. The first-order valence-electron chi connectivity index (χ1n) is 12.0. The Morgan fingerprint density at radius 2 is 1.71 bits per heavy atom. The van der Waals surface area contributed by atoms with Crippen molar-refractivity contribution in [3.63, 3.8) is 0 Å². The van der Waals surface area contributed by atoms with E-state index in [9.17, 15) is 14.7 Å². The van der Waals surface area contributed by atoms with Crippen LogP contribution in [0, 0.1) is 6.92 Å². The highest BCUT2D eigenvalue weighted by Gasteiger charge is 2.34. The third-order valence-corrected chi connectivity index (χ3v) is 6.61. The van der Waals surface area contributed by atoms with Gasteiger partial charge in [-0.05, 0) is 49.6 Å². The van der Waals surface area contributed by atoms with E-state index < -0.39 is 23.7 Å². The number of aliphatic carboxylic acids is 1. The highest BCUT2D eigenvalue weighted by atomic mass is 35.5. The largest absolute Gasteiger partial charge is 0.480 e. The van der Waals surface area contributed by atoms with Crippen LogP contribution in [0.5, 0.6) is 0 Å². The molecule has 0 bridgehead atoms. The Morgan fingerprint density at radius 1 is 1.05 bits per heavy atom. The molecule has 1 amide bonds. The molecule has 0 aliphatic carbocycles. The minimum Gasteiger partial charge on any atom is -0.480 e. The van der Waals surface area contributed by atoms with E-state index >= 15 is 0 Å². The van der Waals surface area contributed by atoms with Gasteiger partial charge in [0.2, 0.25) is 0 Å². The second kappa shape index (κ2) is 11.5. The van der Waals surface area contributed by atoms with Crippen molar-refractivity contribution >= 4 is 29.4 Å². The molecule has 0 saturated carbocycles. The van der Waals surface area contributed by atoms with Gasteiger partial charge in [-0.25, -0.2) is 9.59 Å². The molecule has 196 valence electrons. The van der Waals surface area contributed by atoms with Crippen molar-refractivity contribution in [2.45, 2.75) is 39.0 Å². The molecule has 0 spiro atoms. The number of carboxylic acids is 1. The topological polar surface area (TPSA) is 114 Å². The Kier molecular flexibility index (Phi) is 8.14. The molecule has 0 aliphatic heterocycles. The number of ether oxygens (including phenoxy) is 1. The molecule has 4 rings (SSSR count). The fourth-order valence-corrected chi connectivity index (χ4v) is 4.06. The quantitative estimate of drug-likeness (QED) is 0.219. The van der Waals surface area contributed by atoms with Gasteiger partial charge in [0.05, 0.1) is 0 Å². The number of carbonyl (C=O) groups is 2. The number of benzene rings is 3. The van der Waals surface area contributed by atoms with Crippen LogP contribution in [0.3, 0.4) is 0 Å². The van der Waals surface area contributed by atoms with Gasteiger partial charge in [-0.2, -0.15) is 0 Å². The first kappa shape index (κ1) is 26.9. The van der Waals surface area contributed by atoms with Gasteiger partial charge in [-0.15, -0.1) is 0 Å². The predicted octanol–water partition coefficient (Wildman–Crippen LogP) is 6.70. The van der Waals surface area contributed by atoms with Crippen molar-refractivity contribution in [2.75, 3.05) is 5.32 Å². The zero-order valence-electron chi connectivity index (χ0n) is 21.2. The molecule has 38 heavy (non-hydrogen) atoms. The molecule has 0 saturated heterocycles. The van der Waals surface area contributed by atoms with Gasteiger partial charge < -0.3 is 14.4 Å². The van der Waals surface area contributed by atoms with Crippen LogP contribution in [0.1, 0.15) is 42.3 Å². The lowest BCUT2D eigenvalue weighted by Crippen LogP contribution is -2.46. The monoisotopic (exact) mass is 533 g/mol. The minimum atomic E-state index is -1.31. The summed E-state index contributed by atoms with van der Waals surface area (Å²) in [5, 5.41) is 20.3. The highest BCUT2D eigenvalue weighted by Crippen LogP contribution is 2.32. The van der Waals surface area contributed by atoms with Gasteiger partial charge >= 0.3 is 12.1 Å². The van der Waals surface area contributed by atoms with Gasteiger partial charge in [0, 0.05) is 17.1 Å². The Balaban J connectivity index is 1.44.